The van der Waals surface area contributed by atoms with Crippen molar-refractivity contribution in [3.05, 3.63) is 35.4 Å². The molecule has 0 amide bonds. The Kier molecular flexibility index (Phi) is 4.43. The molecule has 1 rings (SSSR count). The lowest BCUT2D eigenvalue weighted by Crippen LogP contribution is -2.04. The van der Waals surface area contributed by atoms with Crippen LogP contribution in [0.25, 0.3) is 0 Å². The molecule has 0 atom stereocenters. The van der Waals surface area contributed by atoms with Crippen LogP contribution in [0.2, 0.25) is 0 Å². The van der Waals surface area contributed by atoms with E-state index < -0.39 is 11.7 Å². The highest BCUT2D eigenvalue weighted by molar-refractivity contribution is 5.85. The maximum absolute atomic E-state index is 12.0. The van der Waals surface area contributed by atoms with Crippen molar-refractivity contribution in [2.75, 3.05) is 0 Å². The number of benzene rings is 1. The van der Waals surface area contributed by atoms with Crippen LogP contribution in [0.3, 0.4) is 0 Å². The second-order valence-corrected chi connectivity index (χ2v) is 2.36. The molecule has 0 aromatic heterocycles. The van der Waals surface area contributed by atoms with Crippen LogP contribution in [0, 0.1) is 0 Å². The zero-order valence-electron chi connectivity index (χ0n) is 6.82. The van der Waals surface area contributed by atoms with Crippen LogP contribution in [-0.4, -0.2) is 11.4 Å². The molecule has 0 fully saturated rings. The van der Waals surface area contributed by atoms with Gasteiger partial charge in [0.2, 0.25) is 0 Å². The number of nitrogens with zero attached hydrogens (tertiary/aromatic N) is 1. The Hall–Kier alpha value is -1.23. The zero-order chi connectivity index (χ0) is 9.90. The lowest BCUT2D eigenvalue weighted by atomic mass is 10.1. The Labute approximate surface area is 84.5 Å². The molecule has 0 aliphatic heterocycles. The minimum absolute atomic E-state index is 0. The molecular formula is C8H7ClF3NO. The smallest absolute Gasteiger partial charge is 0.411 e. The molecule has 0 bridgehead atoms. The second kappa shape index (κ2) is 4.85. The van der Waals surface area contributed by atoms with Crippen LogP contribution in [-0.2, 0) is 6.18 Å². The van der Waals surface area contributed by atoms with Gasteiger partial charge in [-0.3, -0.25) is 0 Å². The zero-order valence-corrected chi connectivity index (χ0v) is 7.64. The Balaban J connectivity index is 0.00000169. The normalized spacial score (nSPS) is 11.4. The van der Waals surface area contributed by atoms with Crippen LogP contribution >= 0.6 is 12.4 Å². The van der Waals surface area contributed by atoms with Crippen molar-refractivity contribution in [1.29, 1.82) is 0 Å². The number of oxime groups is 1. The standard InChI is InChI=1S/C8H6F3NO.ClH/c9-8(10,11)7-3-1-6(2-4-7)5-12-13;/h1-5,13H;1H. The topological polar surface area (TPSA) is 32.6 Å². The second-order valence-electron chi connectivity index (χ2n) is 2.36. The first-order valence-electron chi connectivity index (χ1n) is 3.39. The summed E-state index contributed by atoms with van der Waals surface area (Å²) in [6.07, 6.45) is -3.27. The molecule has 1 N–H and O–H groups in total. The highest BCUT2D eigenvalue weighted by Crippen LogP contribution is 2.28. The van der Waals surface area contributed by atoms with Gasteiger partial charge < -0.3 is 5.21 Å². The maximum atomic E-state index is 12.0. The van der Waals surface area contributed by atoms with Crippen LogP contribution in [0.15, 0.2) is 29.4 Å². The molecule has 0 saturated carbocycles. The molecule has 0 aliphatic carbocycles. The SMILES string of the molecule is Cl.ON=Cc1ccc(C(F)(F)F)cc1. The van der Waals surface area contributed by atoms with E-state index in [9.17, 15) is 13.2 Å². The summed E-state index contributed by atoms with van der Waals surface area (Å²) in [6, 6.07) is 4.30. The fourth-order valence-corrected chi connectivity index (χ4v) is 0.825. The average molecular weight is 226 g/mol. The summed E-state index contributed by atoms with van der Waals surface area (Å²) in [7, 11) is 0. The minimum Gasteiger partial charge on any atom is -0.411 e. The average Bonchev–Trinajstić information content (AvgIpc) is 2.04. The summed E-state index contributed by atoms with van der Waals surface area (Å²) >= 11 is 0. The summed E-state index contributed by atoms with van der Waals surface area (Å²) in [6.45, 7) is 0. The van der Waals surface area contributed by atoms with E-state index in [0.29, 0.717) is 5.56 Å². The predicted octanol–water partition coefficient (Wildman–Crippen LogP) is 2.94. The monoisotopic (exact) mass is 225 g/mol. The molecule has 14 heavy (non-hydrogen) atoms. The summed E-state index contributed by atoms with van der Waals surface area (Å²) < 4.78 is 36.1. The number of rotatable bonds is 1. The fourth-order valence-electron chi connectivity index (χ4n) is 0.825. The summed E-state index contributed by atoms with van der Waals surface area (Å²) in [5, 5.41) is 10.8. The molecule has 6 heteroatoms. The Morgan fingerprint density at radius 1 is 1.14 bits per heavy atom. The van der Waals surface area contributed by atoms with Crippen molar-refractivity contribution in [3.63, 3.8) is 0 Å². The summed E-state index contributed by atoms with van der Waals surface area (Å²) in [5.41, 5.74) is -0.307. The molecule has 2 nitrogen and oxygen atoms in total. The molecule has 1 aromatic carbocycles. The number of hydrogen-bond acceptors (Lipinski definition) is 2. The van der Waals surface area contributed by atoms with Crippen molar-refractivity contribution >= 4 is 18.6 Å². The molecule has 78 valence electrons. The van der Waals surface area contributed by atoms with Crippen LogP contribution < -0.4 is 0 Å². The minimum atomic E-state index is -4.32. The number of alkyl halides is 3. The summed E-state index contributed by atoms with van der Waals surface area (Å²) in [4.78, 5) is 0. The van der Waals surface area contributed by atoms with E-state index in [1.54, 1.807) is 0 Å². The molecule has 0 radical (unpaired) electrons. The molecule has 0 spiro atoms. The van der Waals surface area contributed by atoms with Crippen LogP contribution in [0.4, 0.5) is 13.2 Å². The van der Waals surface area contributed by atoms with Gasteiger partial charge in [-0.15, -0.1) is 12.4 Å². The van der Waals surface area contributed by atoms with E-state index >= 15 is 0 Å². The highest BCUT2D eigenvalue weighted by Gasteiger charge is 2.29. The third kappa shape index (κ3) is 3.26. The first-order chi connectivity index (χ1) is 6.04. The fraction of sp³-hybridized carbons (Fsp3) is 0.125. The summed E-state index contributed by atoms with van der Waals surface area (Å²) in [5.74, 6) is 0. The molecule has 0 heterocycles. The van der Waals surface area contributed by atoms with Crippen molar-refractivity contribution in [2.45, 2.75) is 6.18 Å². The third-order valence-electron chi connectivity index (χ3n) is 1.44. The van der Waals surface area contributed by atoms with Gasteiger partial charge in [-0.25, -0.2) is 0 Å². The lowest BCUT2D eigenvalue weighted by Gasteiger charge is -2.05. The molecule has 0 aliphatic rings. The Morgan fingerprint density at radius 2 is 1.64 bits per heavy atom. The largest absolute Gasteiger partial charge is 0.416 e. The first kappa shape index (κ1) is 12.8. The van der Waals surface area contributed by atoms with Crippen molar-refractivity contribution in [3.8, 4) is 0 Å². The van der Waals surface area contributed by atoms with E-state index in [2.05, 4.69) is 5.16 Å². The van der Waals surface area contributed by atoms with Gasteiger partial charge in [-0.05, 0) is 17.7 Å². The number of hydrogen-bond donors (Lipinski definition) is 1. The molecule has 0 saturated heterocycles. The van der Waals surface area contributed by atoms with Crippen LogP contribution in [0.5, 0.6) is 0 Å². The van der Waals surface area contributed by atoms with E-state index in [1.807, 2.05) is 0 Å². The van der Waals surface area contributed by atoms with Crippen molar-refractivity contribution in [1.82, 2.24) is 0 Å². The predicted molar refractivity (Wildman–Crippen MR) is 48.1 cm³/mol. The highest BCUT2D eigenvalue weighted by atomic mass is 35.5. The van der Waals surface area contributed by atoms with Gasteiger partial charge >= 0.3 is 6.18 Å². The van der Waals surface area contributed by atoms with E-state index in [1.165, 1.54) is 12.1 Å². The van der Waals surface area contributed by atoms with Gasteiger partial charge in [0, 0.05) is 0 Å². The van der Waals surface area contributed by atoms with E-state index in [4.69, 9.17) is 5.21 Å². The van der Waals surface area contributed by atoms with Gasteiger partial charge in [0.05, 0.1) is 11.8 Å². The van der Waals surface area contributed by atoms with Crippen molar-refractivity contribution < 1.29 is 18.4 Å². The lowest BCUT2D eigenvalue weighted by molar-refractivity contribution is -0.137. The molecule has 1 aromatic rings. The van der Waals surface area contributed by atoms with E-state index in [0.717, 1.165) is 18.3 Å². The van der Waals surface area contributed by atoms with E-state index in [-0.39, 0.29) is 12.4 Å². The van der Waals surface area contributed by atoms with Crippen LogP contribution in [0.1, 0.15) is 11.1 Å². The quantitative estimate of drug-likeness (QED) is 0.445. The third-order valence-corrected chi connectivity index (χ3v) is 1.44. The van der Waals surface area contributed by atoms with Gasteiger partial charge in [-0.1, -0.05) is 17.3 Å². The van der Waals surface area contributed by atoms with Crippen molar-refractivity contribution in [2.24, 2.45) is 5.16 Å². The van der Waals surface area contributed by atoms with Gasteiger partial charge in [0.25, 0.3) is 0 Å². The number of halogens is 4. The molecular weight excluding hydrogens is 219 g/mol. The Morgan fingerprint density at radius 3 is 2.00 bits per heavy atom. The maximum Gasteiger partial charge on any atom is 0.416 e. The first-order valence-corrected chi connectivity index (χ1v) is 3.39. The van der Waals surface area contributed by atoms with Gasteiger partial charge in [-0.2, -0.15) is 13.2 Å². The van der Waals surface area contributed by atoms with Gasteiger partial charge in [0.15, 0.2) is 0 Å². The Bertz CT molecular complexity index is 307. The van der Waals surface area contributed by atoms with Gasteiger partial charge in [0.1, 0.15) is 0 Å². The molecule has 0 unspecified atom stereocenters.